The van der Waals surface area contributed by atoms with E-state index in [1.807, 2.05) is 23.1 Å². The van der Waals surface area contributed by atoms with Gasteiger partial charge in [-0.3, -0.25) is 9.69 Å². The van der Waals surface area contributed by atoms with E-state index in [1.54, 1.807) is 6.08 Å². The van der Waals surface area contributed by atoms with E-state index < -0.39 is 9.84 Å². The zero-order valence-corrected chi connectivity index (χ0v) is 16.4. The van der Waals surface area contributed by atoms with Crippen molar-refractivity contribution < 1.29 is 13.2 Å². The van der Waals surface area contributed by atoms with Crippen molar-refractivity contribution in [3.63, 3.8) is 0 Å². The monoisotopic (exact) mass is 376 g/mol. The number of benzene rings is 1. The summed E-state index contributed by atoms with van der Waals surface area (Å²) in [6.07, 6.45) is 4.23. The van der Waals surface area contributed by atoms with Gasteiger partial charge >= 0.3 is 0 Å². The van der Waals surface area contributed by atoms with Gasteiger partial charge in [0.05, 0.1) is 11.5 Å². The van der Waals surface area contributed by atoms with Crippen LogP contribution in [0.4, 0.5) is 0 Å². The van der Waals surface area contributed by atoms with Gasteiger partial charge in [0.15, 0.2) is 9.84 Å². The SMILES string of the molecule is CC(C)c1ccc(/C=C/C(=O)N2CCN([C@H]3CCS(=O)(=O)C3)CC2)cc1. The third-order valence-electron chi connectivity index (χ3n) is 5.37. The smallest absolute Gasteiger partial charge is 0.246 e. The topological polar surface area (TPSA) is 57.7 Å². The number of sulfone groups is 1. The first-order valence-electron chi connectivity index (χ1n) is 9.35. The molecule has 0 spiro atoms. The first-order valence-corrected chi connectivity index (χ1v) is 11.2. The number of hydrogen-bond donors (Lipinski definition) is 0. The van der Waals surface area contributed by atoms with E-state index in [0.717, 1.165) is 25.1 Å². The van der Waals surface area contributed by atoms with E-state index in [4.69, 9.17) is 0 Å². The summed E-state index contributed by atoms with van der Waals surface area (Å²) in [6.45, 7) is 7.15. The Morgan fingerprint density at radius 3 is 2.31 bits per heavy atom. The molecule has 2 saturated heterocycles. The number of carbonyl (C=O) groups excluding carboxylic acids is 1. The highest BCUT2D eigenvalue weighted by atomic mass is 32.2. The molecular weight excluding hydrogens is 348 g/mol. The van der Waals surface area contributed by atoms with Crippen LogP contribution in [0, 0.1) is 0 Å². The van der Waals surface area contributed by atoms with Crippen molar-refractivity contribution >= 4 is 21.8 Å². The van der Waals surface area contributed by atoms with Gasteiger partial charge in [-0.15, -0.1) is 0 Å². The molecule has 5 nitrogen and oxygen atoms in total. The number of rotatable bonds is 4. The van der Waals surface area contributed by atoms with Crippen LogP contribution >= 0.6 is 0 Å². The molecule has 2 fully saturated rings. The minimum Gasteiger partial charge on any atom is -0.337 e. The molecule has 2 aliphatic rings. The van der Waals surface area contributed by atoms with Gasteiger partial charge in [0.2, 0.25) is 5.91 Å². The van der Waals surface area contributed by atoms with Crippen LogP contribution in [0.2, 0.25) is 0 Å². The zero-order valence-electron chi connectivity index (χ0n) is 15.6. The standard InChI is InChI=1S/C20H28N2O3S/c1-16(2)18-6-3-17(4-7-18)5-8-20(23)22-12-10-21(11-13-22)19-9-14-26(24,25)15-19/h3-8,16,19H,9-15H2,1-2H3/b8-5+/t19-/m0/s1. The van der Waals surface area contributed by atoms with E-state index in [1.165, 1.54) is 5.56 Å². The average molecular weight is 377 g/mol. The highest BCUT2D eigenvalue weighted by molar-refractivity contribution is 7.91. The lowest BCUT2D eigenvalue weighted by atomic mass is 10.0. The van der Waals surface area contributed by atoms with Crippen LogP contribution in [0.25, 0.3) is 6.08 Å². The van der Waals surface area contributed by atoms with Gasteiger partial charge in [-0.1, -0.05) is 38.1 Å². The molecule has 0 bridgehead atoms. The Labute approximate surface area is 156 Å². The molecule has 1 aromatic carbocycles. The van der Waals surface area contributed by atoms with Gasteiger partial charge in [-0.25, -0.2) is 8.42 Å². The Morgan fingerprint density at radius 1 is 1.12 bits per heavy atom. The second-order valence-corrected chi connectivity index (χ2v) is 9.80. The van der Waals surface area contributed by atoms with Gasteiger partial charge in [0, 0.05) is 38.3 Å². The average Bonchev–Trinajstić information content (AvgIpc) is 3.00. The van der Waals surface area contributed by atoms with E-state index in [9.17, 15) is 13.2 Å². The molecule has 1 atom stereocenters. The van der Waals surface area contributed by atoms with E-state index >= 15 is 0 Å². The Hall–Kier alpha value is -1.66. The minimum atomic E-state index is -2.86. The summed E-state index contributed by atoms with van der Waals surface area (Å²) in [7, 11) is -2.86. The molecule has 6 heteroatoms. The predicted molar refractivity (Wildman–Crippen MR) is 105 cm³/mol. The van der Waals surface area contributed by atoms with Crippen LogP contribution < -0.4 is 0 Å². The summed E-state index contributed by atoms with van der Waals surface area (Å²) in [5, 5.41) is 0. The highest BCUT2D eigenvalue weighted by Gasteiger charge is 2.34. The van der Waals surface area contributed by atoms with Gasteiger partial charge in [-0.05, 0) is 29.5 Å². The van der Waals surface area contributed by atoms with Crippen LogP contribution in [0.1, 0.15) is 37.3 Å². The molecule has 0 unspecified atom stereocenters. The quantitative estimate of drug-likeness (QED) is 0.756. The molecule has 1 aromatic rings. The molecular formula is C20H28N2O3S. The molecule has 142 valence electrons. The fraction of sp³-hybridized carbons (Fsp3) is 0.550. The van der Waals surface area contributed by atoms with E-state index in [2.05, 4.69) is 30.9 Å². The van der Waals surface area contributed by atoms with Crippen LogP contribution in [-0.4, -0.2) is 67.9 Å². The number of amides is 1. The first kappa shape index (κ1) is 19.1. The largest absolute Gasteiger partial charge is 0.337 e. The fourth-order valence-electron chi connectivity index (χ4n) is 3.64. The molecule has 2 aliphatic heterocycles. The fourth-order valence-corrected chi connectivity index (χ4v) is 5.40. The van der Waals surface area contributed by atoms with Crippen molar-refractivity contribution in [2.24, 2.45) is 0 Å². The lowest BCUT2D eigenvalue weighted by molar-refractivity contribution is -0.127. The lowest BCUT2D eigenvalue weighted by Gasteiger charge is -2.37. The van der Waals surface area contributed by atoms with Crippen LogP contribution in [0.5, 0.6) is 0 Å². The summed E-state index contributed by atoms with van der Waals surface area (Å²) in [6, 6.07) is 8.41. The Kier molecular flexibility index (Phi) is 5.82. The summed E-state index contributed by atoms with van der Waals surface area (Å²) in [5.41, 5.74) is 2.32. The third kappa shape index (κ3) is 4.74. The van der Waals surface area contributed by atoms with Crippen molar-refractivity contribution in [1.82, 2.24) is 9.80 Å². The maximum Gasteiger partial charge on any atom is 0.246 e. The normalized spacial score (nSPS) is 23.8. The molecule has 0 radical (unpaired) electrons. The number of piperazine rings is 1. The second kappa shape index (κ2) is 7.92. The molecule has 0 aromatic heterocycles. The second-order valence-electron chi connectivity index (χ2n) is 7.57. The highest BCUT2D eigenvalue weighted by Crippen LogP contribution is 2.19. The van der Waals surface area contributed by atoms with Gasteiger partial charge in [-0.2, -0.15) is 0 Å². The van der Waals surface area contributed by atoms with Gasteiger partial charge in [0.25, 0.3) is 0 Å². The van der Waals surface area contributed by atoms with Crippen molar-refractivity contribution in [3.8, 4) is 0 Å². The predicted octanol–water partition coefficient (Wildman–Crippen LogP) is 2.15. The summed E-state index contributed by atoms with van der Waals surface area (Å²) in [4.78, 5) is 16.5. The lowest BCUT2D eigenvalue weighted by Crippen LogP contribution is -2.52. The summed E-state index contributed by atoms with van der Waals surface area (Å²) >= 11 is 0. The molecule has 3 rings (SSSR count). The maximum absolute atomic E-state index is 12.4. The molecule has 0 aliphatic carbocycles. The molecule has 1 amide bonds. The van der Waals surface area contributed by atoms with E-state index in [-0.39, 0.29) is 17.7 Å². The molecule has 26 heavy (non-hydrogen) atoms. The minimum absolute atomic E-state index is 0.0247. The molecule has 0 saturated carbocycles. The van der Waals surface area contributed by atoms with Crippen LogP contribution in [0.15, 0.2) is 30.3 Å². The van der Waals surface area contributed by atoms with Crippen LogP contribution in [-0.2, 0) is 14.6 Å². The van der Waals surface area contributed by atoms with E-state index in [0.29, 0.717) is 24.8 Å². The van der Waals surface area contributed by atoms with Crippen LogP contribution in [0.3, 0.4) is 0 Å². The van der Waals surface area contributed by atoms with Crippen molar-refractivity contribution in [2.45, 2.75) is 32.2 Å². The molecule has 2 heterocycles. The van der Waals surface area contributed by atoms with Gasteiger partial charge in [0.1, 0.15) is 0 Å². The summed E-state index contributed by atoms with van der Waals surface area (Å²) < 4.78 is 23.3. The third-order valence-corrected chi connectivity index (χ3v) is 7.12. The Bertz CT molecular complexity index is 761. The number of carbonyl (C=O) groups is 1. The Balaban J connectivity index is 1.50. The van der Waals surface area contributed by atoms with Crippen molar-refractivity contribution in [1.29, 1.82) is 0 Å². The van der Waals surface area contributed by atoms with Crippen molar-refractivity contribution in [3.05, 3.63) is 41.5 Å². The maximum atomic E-state index is 12.4. The summed E-state index contributed by atoms with van der Waals surface area (Å²) in [5.74, 6) is 1.10. The zero-order chi connectivity index (χ0) is 18.7. The van der Waals surface area contributed by atoms with Crippen molar-refractivity contribution in [2.75, 3.05) is 37.7 Å². The van der Waals surface area contributed by atoms with Gasteiger partial charge < -0.3 is 4.90 Å². The number of hydrogen-bond acceptors (Lipinski definition) is 4. The number of nitrogens with zero attached hydrogens (tertiary/aromatic N) is 2. The first-order chi connectivity index (χ1) is 12.3. The Morgan fingerprint density at radius 2 is 1.77 bits per heavy atom. The molecule has 0 N–H and O–H groups in total.